The Morgan fingerprint density at radius 1 is 1.11 bits per heavy atom. The zero-order chi connectivity index (χ0) is 20.5. The fourth-order valence-corrected chi connectivity index (χ4v) is 4.89. The molecule has 0 fully saturated rings. The number of aryl methyl sites for hydroxylation is 1. The molecule has 1 heterocycles. The minimum Gasteiger partial charge on any atom is -0.330 e. The number of aromatic nitrogens is 2. The van der Waals surface area contributed by atoms with Gasteiger partial charge in [0, 0.05) is 17.8 Å². The molecule has 1 N–H and O–H groups in total. The van der Waals surface area contributed by atoms with Crippen molar-refractivity contribution in [3.05, 3.63) is 80.8 Å². The number of rotatable bonds is 5. The molecule has 0 bridgehead atoms. The molecule has 0 aliphatic heterocycles. The van der Waals surface area contributed by atoms with E-state index in [2.05, 4.69) is 4.98 Å². The molecule has 0 unspecified atom stereocenters. The lowest BCUT2D eigenvalue weighted by atomic mass is 10.2. The second kappa shape index (κ2) is 8.13. The highest BCUT2D eigenvalue weighted by molar-refractivity contribution is 7.90. The monoisotopic (exact) mass is 457 g/mol. The van der Waals surface area contributed by atoms with Crippen molar-refractivity contribution in [2.45, 2.75) is 18.4 Å². The van der Waals surface area contributed by atoms with E-state index in [9.17, 15) is 13.2 Å². The molecule has 0 aliphatic rings. The maximum atomic E-state index is 12.5. The van der Waals surface area contributed by atoms with Gasteiger partial charge in [-0.25, -0.2) is 18.1 Å². The van der Waals surface area contributed by atoms with Crippen LogP contribution < -0.4 is 4.72 Å². The Bertz CT molecular complexity index is 1140. The number of amides is 1. The molecule has 0 saturated heterocycles. The summed E-state index contributed by atoms with van der Waals surface area (Å²) in [5, 5.41) is 0.418. The Kier molecular flexibility index (Phi) is 6.00. The molecule has 0 saturated carbocycles. The van der Waals surface area contributed by atoms with E-state index in [1.54, 1.807) is 23.6 Å². The Labute approximate surface area is 177 Å². The lowest BCUT2D eigenvalue weighted by Crippen LogP contribution is -2.31. The van der Waals surface area contributed by atoms with Gasteiger partial charge in [-0.2, -0.15) is 0 Å². The minimum absolute atomic E-state index is 0.0497. The first kappa shape index (κ1) is 20.7. The second-order valence-corrected chi connectivity index (χ2v) is 8.79. The van der Waals surface area contributed by atoms with Gasteiger partial charge >= 0.3 is 0 Å². The van der Waals surface area contributed by atoms with E-state index < -0.39 is 15.9 Å². The molecular formula is C18H14Cl3N3O3S. The predicted molar refractivity (Wildman–Crippen MR) is 109 cm³/mol. The second-order valence-electron chi connectivity index (χ2n) is 5.92. The van der Waals surface area contributed by atoms with Gasteiger partial charge in [0.2, 0.25) is 0 Å². The van der Waals surface area contributed by atoms with Crippen LogP contribution in [0.15, 0.2) is 53.6 Å². The minimum atomic E-state index is -4.27. The molecule has 28 heavy (non-hydrogen) atoms. The van der Waals surface area contributed by atoms with Gasteiger partial charge in [-0.15, -0.1) is 0 Å². The zero-order valence-corrected chi connectivity index (χ0v) is 17.6. The van der Waals surface area contributed by atoms with Crippen LogP contribution in [0.5, 0.6) is 0 Å². The van der Waals surface area contributed by atoms with Crippen LogP contribution in [0.4, 0.5) is 0 Å². The van der Waals surface area contributed by atoms with Gasteiger partial charge in [-0.1, -0.05) is 53.0 Å². The Hall–Kier alpha value is -2.06. The Morgan fingerprint density at radius 2 is 1.75 bits per heavy atom. The molecule has 0 radical (unpaired) electrons. The lowest BCUT2D eigenvalue weighted by Gasteiger charge is -2.09. The summed E-state index contributed by atoms with van der Waals surface area (Å²) in [7, 11) is -4.27. The van der Waals surface area contributed by atoms with Crippen LogP contribution in [0.3, 0.4) is 0 Å². The number of halogens is 3. The first-order valence-corrected chi connectivity index (χ1v) is 10.6. The van der Waals surface area contributed by atoms with E-state index in [0.29, 0.717) is 17.4 Å². The number of hydrogen-bond donors (Lipinski definition) is 1. The third kappa shape index (κ3) is 4.50. The van der Waals surface area contributed by atoms with E-state index in [1.807, 2.05) is 16.9 Å². The van der Waals surface area contributed by atoms with Crippen molar-refractivity contribution in [1.82, 2.24) is 14.3 Å². The van der Waals surface area contributed by atoms with E-state index in [1.165, 1.54) is 24.4 Å². The number of carbonyl (C=O) groups excluding carboxylic acids is 1. The topological polar surface area (TPSA) is 81.1 Å². The van der Waals surface area contributed by atoms with E-state index in [4.69, 9.17) is 34.8 Å². The van der Waals surface area contributed by atoms with Crippen LogP contribution in [-0.2, 0) is 16.6 Å². The van der Waals surface area contributed by atoms with Gasteiger partial charge in [0.05, 0.1) is 10.0 Å². The third-order valence-electron chi connectivity index (χ3n) is 3.87. The van der Waals surface area contributed by atoms with Crippen LogP contribution in [0.25, 0.3) is 0 Å². The molecule has 0 aliphatic carbocycles. The number of nitrogens with zero attached hydrogens (tertiary/aromatic N) is 2. The highest BCUT2D eigenvalue weighted by Crippen LogP contribution is 2.28. The molecule has 0 spiro atoms. The summed E-state index contributed by atoms with van der Waals surface area (Å²) >= 11 is 17.8. The summed E-state index contributed by atoms with van der Waals surface area (Å²) in [6.07, 6.45) is 1.47. The SMILES string of the molecule is Cc1nc(C(=O)NS(=O)(=O)c2c(Cl)cccc2Cl)cn1Cc1cccc(Cl)c1. The molecular weight excluding hydrogens is 445 g/mol. The molecule has 1 amide bonds. The first-order valence-electron chi connectivity index (χ1n) is 7.97. The van der Waals surface area contributed by atoms with Crippen LogP contribution in [-0.4, -0.2) is 23.9 Å². The lowest BCUT2D eigenvalue weighted by molar-refractivity contribution is 0.0977. The number of nitrogens with one attached hydrogen (secondary N) is 1. The first-order chi connectivity index (χ1) is 13.2. The summed E-state index contributed by atoms with van der Waals surface area (Å²) in [5.74, 6) is -0.345. The number of carbonyl (C=O) groups is 1. The van der Waals surface area contributed by atoms with Crippen LogP contribution in [0.1, 0.15) is 21.9 Å². The summed E-state index contributed by atoms with van der Waals surface area (Å²) in [6, 6.07) is 11.5. The summed E-state index contributed by atoms with van der Waals surface area (Å²) in [6.45, 7) is 2.14. The average molecular weight is 459 g/mol. The molecule has 3 aromatic rings. The fraction of sp³-hybridized carbons (Fsp3) is 0.111. The molecule has 0 atom stereocenters. The average Bonchev–Trinajstić information content (AvgIpc) is 2.95. The van der Waals surface area contributed by atoms with Gasteiger partial charge in [0.15, 0.2) is 0 Å². The fourth-order valence-electron chi connectivity index (χ4n) is 2.57. The maximum absolute atomic E-state index is 12.5. The van der Waals surface area contributed by atoms with Gasteiger partial charge in [-0.05, 0) is 36.8 Å². The van der Waals surface area contributed by atoms with Crippen molar-refractivity contribution in [2.24, 2.45) is 0 Å². The molecule has 1 aromatic heterocycles. The third-order valence-corrected chi connectivity index (χ3v) is 6.39. The molecule has 10 heteroatoms. The van der Waals surface area contributed by atoms with E-state index in [-0.39, 0.29) is 20.6 Å². The van der Waals surface area contributed by atoms with Gasteiger partial charge in [-0.3, -0.25) is 4.79 Å². The van der Waals surface area contributed by atoms with Gasteiger partial charge in [0.25, 0.3) is 15.9 Å². The number of imidazole rings is 1. The quantitative estimate of drug-likeness (QED) is 0.617. The summed E-state index contributed by atoms with van der Waals surface area (Å²) in [5.41, 5.74) is 0.863. The van der Waals surface area contributed by atoms with Crippen molar-refractivity contribution >= 4 is 50.7 Å². The zero-order valence-electron chi connectivity index (χ0n) is 14.5. The van der Waals surface area contributed by atoms with E-state index >= 15 is 0 Å². The number of sulfonamides is 1. The number of benzene rings is 2. The van der Waals surface area contributed by atoms with Gasteiger partial charge < -0.3 is 4.57 Å². The van der Waals surface area contributed by atoms with Crippen LogP contribution >= 0.6 is 34.8 Å². The van der Waals surface area contributed by atoms with E-state index in [0.717, 1.165) is 5.56 Å². The van der Waals surface area contributed by atoms with Crippen molar-refractivity contribution in [3.8, 4) is 0 Å². The Morgan fingerprint density at radius 3 is 2.39 bits per heavy atom. The van der Waals surface area contributed by atoms with Crippen LogP contribution in [0.2, 0.25) is 15.1 Å². The van der Waals surface area contributed by atoms with Crippen molar-refractivity contribution in [3.63, 3.8) is 0 Å². The summed E-state index contributed by atoms with van der Waals surface area (Å²) in [4.78, 5) is 16.2. The molecule has 2 aromatic carbocycles. The Balaban J connectivity index is 1.84. The smallest absolute Gasteiger partial charge is 0.285 e. The summed E-state index contributed by atoms with van der Waals surface area (Å²) < 4.78 is 28.7. The predicted octanol–water partition coefficient (Wildman–Crippen LogP) is 4.32. The highest BCUT2D eigenvalue weighted by atomic mass is 35.5. The van der Waals surface area contributed by atoms with Crippen molar-refractivity contribution in [2.75, 3.05) is 0 Å². The van der Waals surface area contributed by atoms with Crippen LogP contribution in [0, 0.1) is 6.92 Å². The highest BCUT2D eigenvalue weighted by Gasteiger charge is 2.25. The largest absolute Gasteiger partial charge is 0.330 e. The maximum Gasteiger partial charge on any atom is 0.285 e. The van der Waals surface area contributed by atoms with Crippen molar-refractivity contribution in [1.29, 1.82) is 0 Å². The molecule has 6 nitrogen and oxygen atoms in total. The van der Waals surface area contributed by atoms with Gasteiger partial charge in [0.1, 0.15) is 16.4 Å². The number of hydrogen-bond acceptors (Lipinski definition) is 4. The van der Waals surface area contributed by atoms with Crippen molar-refractivity contribution < 1.29 is 13.2 Å². The normalized spacial score (nSPS) is 11.4. The molecule has 146 valence electrons. The standard InChI is InChI=1S/C18H14Cl3N3O3S/c1-11-22-16(10-24(11)9-12-4-2-5-13(19)8-12)18(25)23-28(26,27)17-14(20)6-3-7-15(17)21/h2-8,10H,9H2,1H3,(H,23,25). The molecule has 3 rings (SSSR count).